The number of nitrogens with zero attached hydrogens (tertiary/aromatic N) is 2. The lowest BCUT2D eigenvalue weighted by Gasteiger charge is -2.01. The molecule has 3 aromatic rings. The number of carbonyl (C=O) groups is 1. The van der Waals surface area contributed by atoms with Gasteiger partial charge in [-0.25, -0.2) is 4.79 Å². The Morgan fingerprint density at radius 2 is 1.91 bits per heavy atom. The molecule has 6 nitrogen and oxygen atoms in total. The molecule has 0 bridgehead atoms. The van der Waals surface area contributed by atoms with Crippen molar-refractivity contribution >= 4 is 17.6 Å². The molecule has 110 valence electrons. The van der Waals surface area contributed by atoms with Gasteiger partial charge in [0.05, 0.1) is 21.7 Å². The SMILES string of the molecule is O=C(O)c1ccc(O)c(-c2noc(-c3ccccc3Cl)n2)c1. The molecule has 0 aliphatic carbocycles. The maximum Gasteiger partial charge on any atom is 0.335 e. The van der Waals surface area contributed by atoms with Crippen LogP contribution in [0.3, 0.4) is 0 Å². The minimum atomic E-state index is -1.11. The van der Waals surface area contributed by atoms with Gasteiger partial charge in [0.15, 0.2) is 0 Å². The highest BCUT2D eigenvalue weighted by Crippen LogP contribution is 2.31. The zero-order chi connectivity index (χ0) is 15.7. The van der Waals surface area contributed by atoms with E-state index in [4.69, 9.17) is 21.2 Å². The molecule has 0 saturated heterocycles. The maximum absolute atomic E-state index is 11.0. The van der Waals surface area contributed by atoms with Crippen LogP contribution in [0.5, 0.6) is 5.75 Å². The Kier molecular flexibility index (Phi) is 3.52. The maximum atomic E-state index is 11.0. The third-order valence-corrected chi connectivity index (χ3v) is 3.34. The molecule has 0 aliphatic rings. The zero-order valence-electron chi connectivity index (χ0n) is 11.0. The summed E-state index contributed by atoms with van der Waals surface area (Å²) in [4.78, 5) is 15.2. The van der Waals surface area contributed by atoms with Gasteiger partial charge in [-0.05, 0) is 30.3 Å². The average molecular weight is 317 g/mol. The third-order valence-electron chi connectivity index (χ3n) is 3.01. The molecule has 1 heterocycles. The largest absolute Gasteiger partial charge is 0.507 e. The van der Waals surface area contributed by atoms with E-state index in [-0.39, 0.29) is 28.6 Å². The molecule has 0 radical (unpaired) electrons. The van der Waals surface area contributed by atoms with Gasteiger partial charge in [-0.1, -0.05) is 28.9 Å². The van der Waals surface area contributed by atoms with Gasteiger partial charge in [-0.15, -0.1) is 0 Å². The Hall–Kier alpha value is -2.86. The van der Waals surface area contributed by atoms with Crippen molar-refractivity contribution in [3.63, 3.8) is 0 Å². The summed E-state index contributed by atoms with van der Waals surface area (Å²) in [5.41, 5.74) is 0.732. The van der Waals surface area contributed by atoms with Crippen LogP contribution in [-0.2, 0) is 0 Å². The monoisotopic (exact) mass is 316 g/mol. The molecule has 3 rings (SSSR count). The van der Waals surface area contributed by atoms with Crippen molar-refractivity contribution in [3.8, 4) is 28.6 Å². The van der Waals surface area contributed by atoms with Crippen LogP contribution in [0.25, 0.3) is 22.8 Å². The number of rotatable bonds is 3. The molecule has 22 heavy (non-hydrogen) atoms. The van der Waals surface area contributed by atoms with Crippen LogP contribution in [0.1, 0.15) is 10.4 Å². The Labute approximate surface area is 129 Å². The van der Waals surface area contributed by atoms with Crippen molar-refractivity contribution in [1.29, 1.82) is 0 Å². The molecular weight excluding hydrogens is 308 g/mol. The van der Waals surface area contributed by atoms with Crippen molar-refractivity contribution in [2.75, 3.05) is 0 Å². The van der Waals surface area contributed by atoms with Crippen LogP contribution < -0.4 is 0 Å². The topological polar surface area (TPSA) is 96.5 Å². The second kappa shape index (κ2) is 5.50. The van der Waals surface area contributed by atoms with Crippen LogP contribution in [0.15, 0.2) is 47.0 Å². The number of halogens is 1. The molecule has 0 unspecified atom stereocenters. The Bertz CT molecular complexity index is 860. The van der Waals surface area contributed by atoms with Gasteiger partial charge >= 0.3 is 5.97 Å². The van der Waals surface area contributed by atoms with Crippen molar-refractivity contribution < 1.29 is 19.5 Å². The fourth-order valence-corrected chi connectivity index (χ4v) is 2.14. The Morgan fingerprint density at radius 1 is 1.14 bits per heavy atom. The minimum Gasteiger partial charge on any atom is -0.507 e. The summed E-state index contributed by atoms with van der Waals surface area (Å²) in [6, 6.07) is 10.8. The molecule has 0 fully saturated rings. The summed E-state index contributed by atoms with van der Waals surface area (Å²) >= 11 is 6.06. The second-order valence-electron chi connectivity index (χ2n) is 4.44. The Morgan fingerprint density at radius 3 is 2.64 bits per heavy atom. The average Bonchev–Trinajstić information content (AvgIpc) is 2.97. The van der Waals surface area contributed by atoms with Crippen LogP contribution in [0.4, 0.5) is 0 Å². The Balaban J connectivity index is 2.06. The smallest absolute Gasteiger partial charge is 0.335 e. The number of carboxylic acid groups (broad SMARTS) is 1. The van der Waals surface area contributed by atoms with Crippen molar-refractivity contribution in [1.82, 2.24) is 10.1 Å². The predicted molar refractivity (Wildman–Crippen MR) is 78.8 cm³/mol. The van der Waals surface area contributed by atoms with Crippen LogP contribution >= 0.6 is 11.6 Å². The molecule has 0 aliphatic heterocycles. The molecule has 1 aromatic heterocycles. The van der Waals surface area contributed by atoms with Gasteiger partial charge in [0.2, 0.25) is 5.82 Å². The van der Waals surface area contributed by atoms with Crippen LogP contribution in [0, 0.1) is 0 Å². The van der Waals surface area contributed by atoms with E-state index in [9.17, 15) is 9.90 Å². The highest BCUT2D eigenvalue weighted by atomic mass is 35.5. The zero-order valence-corrected chi connectivity index (χ0v) is 11.8. The van der Waals surface area contributed by atoms with Gasteiger partial charge in [0.1, 0.15) is 5.75 Å². The quantitative estimate of drug-likeness (QED) is 0.768. The number of hydrogen-bond donors (Lipinski definition) is 2. The van der Waals surface area contributed by atoms with Gasteiger partial charge in [0.25, 0.3) is 5.89 Å². The summed E-state index contributed by atoms with van der Waals surface area (Å²) in [7, 11) is 0. The van der Waals surface area contributed by atoms with Gasteiger partial charge in [0, 0.05) is 0 Å². The molecular formula is C15H9ClN2O4. The van der Waals surface area contributed by atoms with Crippen molar-refractivity contribution in [3.05, 3.63) is 53.1 Å². The first-order valence-corrected chi connectivity index (χ1v) is 6.59. The summed E-state index contributed by atoms with van der Waals surface area (Å²) in [6.07, 6.45) is 0. The standard InChI is InChI=1S/C15H9ClN2O4/c16-11-4-2-1-3-9(11)14-17-13(18-22-14)10-7-8(15(20)21)5-6-12(10)19/h1-7,19H,(H,20,21). The first kappa shape index (κ1) is 14.1. The molecule has 2 aromatic carbocycles. The van der Waals surface area contributed by atoms with E-state index < -0.39 is 5.97 Å². The summed E-state index contributed by atoms with van der Waals surface area (Å²) < 4.78 is 5.14. The van der Waals surface area contributed by atoms with E-state index in [2.05, 4.69) is 10.1 Å². The predicted octanol–water partition coefficient (Wildman–Crippen LogP) is 3.46. The van der Waals surface area contributed by atoms with E-state index in [1.165, 1.54) is 18.2 Å². The number of aromatic nitrogens is 2. The normalized spacial score (nSPS) is 10.6. The number of benzene rings is 2. The highest BCUT2D eigenvalue weighted by molar-refractivity contribution is 6.33. The molecule has 0 atom stereocenters. The number of carboxylic acids is 1. The molecule has 0 spiro atoms. The molecule has 0 amide bonds. The number of phenols is 1. The highest BCUT2D eigenvalue weighted by Gasteiger charge is 2.17. The minimum absolute atomic E-state index is 0.0110. The second-order valence-corrected chi connectivity index (χ2v) is 4.85. The third kappa shape index (κ3) is 2.51. The van der Waals surface area contributed by atoms with Crippen molar-refractivity contribution in [2.45, 2.75) is 0 Å². The summed E-state index contributed by atoms with van der Waals surface area (Å²) in [6.45, 7) is 0. The van der Waals surface area contributed by atoms with E-state index in [1.807, 2.05) is 0 Å². The number of hydrogen-bond acceptors (Lipinski definition) is 5. The molecule has 0 saturated carbocycles. The van der Waals surface area contributed by atoms with Gasteiger partial charge in [-0.2, -0.15) is 4.98 Å². The molecule has 7 heteroatoms. The summed E-state index contributed by atoms with van der Waals surface area (Å²) in [5, 5.41) is 23.1. The first-order valence-electron chi connectivity index (χ1n) is 6.21. The van der Waals surface area contributed by atoms with E-state index in [0.29, 0.717) is 10.6 Å². The first-order chi connectivity index (χ1) is 10.6. The van der Waals surface area contributed by atoms with Crippen LogP contribution in [0.2, 0.25) is 5.02 Å². The fraction of sp³-hybridized carbons (Fsp3) is 0. The lowest BCUT2D eigenvalue weighted by atomic mass is 10.1. The van der Waals surface area contributed by atoms with Gasteiger partial charge in [-0.3, -0.25) is 0 Å². The lowest BCUT2D eigenvalue weighted by Crippen LogP contribution is -1.96. The van der Waals surface area contributed by atoms with Crippen molar-refractivity contribution in [2.24, 2.45) is 0 Å². The molecule has 2 N–H and O–H groups in total. The number of aromatic carboxylic acids is 1. The number of phenolic OH excluding ortho intramolecular Hbond substituents is 1. The van der Waals surface area contributed by atoms with Gasteiger partial charge < -0.3 is 14.7 Å². The summed E-state index contributed by atoms with van der Waals surface area (Å²) in [5.74, 6) is -0.996. The van der Waals surface area contributed by atoms with E-state index in [0.717, 1.165) is 0 Å². The van der Waals surface area contributed by atoms with E-state index in [1.54, 1.807) is 24.3 Å². The number of aromatic hydroxyl groups is 1. The fourth-order valence-electron chi connectivity index (χ4n) is 1.93. The van der Waals surface area contributed by atoms with Crippen LogP contribution in [-0.4, -0.2) is 26.3 Å². The lowest BCUT2D eigenvalue weighted by molar-refractivity contribution is 0.0697. The van der Waals surface area contributed by atoms with E-state index >= 15 is 0 Å².